The van der Waals surface area contributed by atoms with Gasteiger partial charge in [-0.1, -0.05) is 30.3 Å². The Balaban J connectivity index is 1.80. The molecule has 3 heteroatoms. The minimum atomic E-state index is 0.735. The third-order valence-electron chi connectivity index (χ3n) is 3.91. The molecule has 1 aliphatic rings. The molecule has 2 aromatic rings. The van der Waals surface area contributed by atoms with Crippen LogP contribution in [0.25, 0.3) is 0 Å². The van der Waals surface area contributed by atoms with Crippen LogP contribution in [-0.2, 0) is 13.1 Å². The average Bonchev–Trinajstić information content (AvgIpc) is 2.65. The first-order valence-corrected chi connectivity index (χ1v) is 7.01. The lowest BCUT2D eigenvalue weighted by molar-refractivity contribution is 0.219. The van der Waals surface area contributed by atoms with E-state index in [9.17, 15) is 0 Å². The van der Waals surface area contributed by atoms with E-state index in [2.05, 4.69) is 30.0 Å². The molecule has 1 aliphatic heterocycles. The van der Waals surface area contributed by atoms with Crippen LogP contribution in [0.5, 0.6) is 5.75 Å². The number of rotatable bonds is 2. The number of anilines is 1. The molecule has 0 radical (unpaired) electrons. The van der Waals surface area contributed by atoms with E-state index in [1.807, 2.05) is 24.3 Å². The Morgan fingerprint density at radius 2 is 2.00 bits per heavy atom. The van der Waals surface area contributed by atoms with Gasteiger partial charge in [0.25, 0.3) is 0 Å². The predicted octanol–water partition coefficient (Wildman–Crippen LogP) is 2.97. The molecule has 104 valence electrons. The van der Waals surface area contributed by atoms with E-state index < -0.39 is 0 Å². The van der Waals surface area contributed by atoms with Crippen LogP contribution in [0.3, 0.4) is 0 Å². The van der Waals surface area contributed by atoms with E-state index in [4.69, 9.17) is 10.5 Å². The summed E-state index contributed by atoms with van der Waals surface area (Å²) in [6, 6.07) is 14.4. The lowest BCUT2D eigenvalue weighted by Gasteiger charge is -2.21. The van der Waals surface area contributed by atoms with Crippen LogP contribution in [0, 0.1) is 6.92 Å². The number of benzene rings is 2. The van der Waals surface area contributed by atoms with Gasteiger partial charge in [-0.05, 0) is 30.2 Å². The van der Waals surface area contributed by atoms with Crippen molar-refractivity contribution in [2.75, 3.05) is 18.9 Å². The van der Waals surface area contributed by atoms with E-state index in [0.717, 1.165) is 37.7 Å². The summed E-state index contributed by atoms with van der Waals surface area (Å²) >= 11 is 0. The minimum absolute atomic E-state index is 0.735. The van der Waals surface area contributed by atoms with Crippen molar-refractivity contribution in [2.24, 2.45) is 0 Å². The Morgan fingerprint density at radius 1 is 1.15 bits per heavy atom. The molecule has 0 fully saturated rings. The summed E-state index contributed by atoms with van der Waals surface area (Å²) < 4.78 is 5.80. The Morgan fingerprint density at radius 3 is 2.90 bits per heavy atom. The SMILES string of the molecule is Cc1c(N)cccc1CN1CCOc2ccccc2C1. The zero-order valence-electron chi connectivity index (χ0n) is 11.8. The maximum absolute atomic E-state index is 5.99. The predicted molar refractivity (Wildman–Crippen MR) is 81.6 cm³/mol. The zero-order valence-corrected chi connectivity index (χ0v) is 11.8. The molecule has 0 amide bonds. The summed E-state index contributed by atoms with van der Waals surface area (Å²) in [5.74, 6) is 1.01. The normalized spacial score (nSPS) is 15.2. The lowest BCUT2D eigenvalue weighted by atomic mass is 10.1. The zero-order chi connectivity index (χ0) is 13.9. The van der Waals surface area contributed by atoms with Crippen molar-refractivity contribution in [2.45, 2.75) is 20.0 Å². The van der Waals surface area contributed by atoms with Gasteiger partial charge < -0.3 is 10.5 Å². The Labute approximate surface area is 120 Å². The number of nitrogens with two attached hydrogens (primary N) is 1. The third kappa shape index (κ3) is 2.63. The molecular weight excluding hydrogens is 248 g/mol. The molecule has 1 heterocycles. The number of fused-ring (bicyclic) bond motifs is 1. The van der Waals surface area contributed by atoms with Gasteiger partial charge in [-0.15, -0.1) is 0 Å². The highest BCUT2D eigenvalue weighted by Crippen LogP contribution is 2.24. The van der Waals surface area contributed by atoms with Gasteiger partial charge in [0.05, 0.1) is 0 Å². The highest BCUT2D eigenvalue weighted by molar-refractivity contribution is 5.50. The number of ether oxygens (including phenoxy) is 1. The van der Waals surface area contributed by atoms with E-state index in [1.165, 1.54) is 16.7 Å². The van der Waals surface area contributed by atoms with Gasteiger partial charge in [-0.3, -0.25) is 4.90 Å². The van der Waals surface area contributed by atoms with Crippen LogP contribution in [0.2, 0.25) is 0 Å². The molecule has 0 unspecified atom stereocenters. The smallest absolute Gasteiger partial charge is 0.123 e. The van der Waals surface area contributed by atoms with Crippen LogP contribution in [0.1, 0.15) is 16.7 Å². The summed E-state index contributed by atoms with van der Waals surface area (Å²) in [7, 11) is 0. The first-order valence-electron chi connectivity index (χ1n) is 7.01. The monoisotopic (exact) mass is 268 g/mol. The van der Waals surface area contributed by atoms with E-state index >= 15 is 0 Å². The second-order valence-corrected chi connectivity index (χ2v) is 5.30. The standard InChI is InChI=1S/C17H20N2O/c1-13-14(6-4-7-16(13)18)11-19-9-10-20-17-8-3-2-5-15(17)12-19/h2-8H,9-12,18H2,1H3. The maximum atomic E-state index is 5.99. The third-order valence-corrected chi connectivity index (χ3v) is 3.91. The second-order valence-electron chi connectivity index (χ2n) is 5.30. The molecule has 0 saturated heterocycles. The van der Waals surface area contributed by atoms with E-state index in [0.29, 0.717) is 0 Å². The highest BCUT2D eigenvalue weighted by Gasteiger charge is 2.15. The summed E-state index contributed by atoms with van der Waals surface area (Å²) in [6.45, 7) is 5.59. The molecule has 2 aromatic carbocycles. The van der Waals surface area contributed by atoms with Gasteiger partial charge in [0.15, 0.2) is 0 Å². The number of hydrogen-bond donors (Lipinski definition) is 1. The fourth-order valence-corrected chi connectivity index (χ4v) is 2.63. The van der Waals surface area contributed by atoms with E-state index in [1.54, 1.807) is 0 Å². The first kappa shape index (κ1) is 13.0. The molecule has 0 aromatic heterocycles. The largest absolute Gasteiger partial charge is 0.492 e. The van der Waals surface area contributed by atoms with Crippen molar-refractivity contribution < 1.29 is 4.74 Å². The Kier molecular flexibility index (Phi) is 3.61. The number of para-hydroxylation sites is 1. The summed E-state index contributed by atoms with van der Waals surface area (Å²) in [5.41, 5.74) is 10.6. The summed E-state index contributed by atoms with van der Waals surface area (Å²) in [4.78, 5) is 2.41. The molecule has 0 bridgehead atoms. The number of hydrogen-bond acceptors (Lipinski definition) is 3. The van der Waals surface area contributed by atoms with Crippen LogP contribution in [0.15, 0.2) is 42.5 Å². The number of nitrogens with zero attached hydrogens (tertiary/aromatic N) is 1. The molecule has 0 atom stereocenters. The van der Waals surface area contributed by atoms with Gasteiger partial charge in [0.2, 0.25) is 0 Å². The van der Waals surface area contributed by atoms with E-state index in [-0.39, 0.29) is 0 Å². The molecule has 0 spiro atoms. The molecule has 2 N–H and O–H groups in total. The quantitative estimate of drug-likeness (QED) is 0.851. The Bertz CT molecular complexity index is 610. The van der Waals surface area contributed by atoms with Gasteiger partial charge in [0, 0.05) is 30.9 Å². The second kappa shape index (κ2) is 5.55. The summed E-state index contributed by atoms with van der Waals surface area (Å²) in [5, 5.41) is 0. The molecular formula is C17H20N2O. The van der Waals surface area contributed by atoms with Crippen LogP contribution >= 0.6 is 0 Å². The van der Waals surface area contributed by atoms with Gasteiger partial charge in [0.1, 0.15) is 12.4 Å². The first-order chi connectivity index (χ1) is 9.74. The fraction of sp³-hybridized carbons (Fsp3) is 0.294. The van der Waals surface area contributed by atoms with Crippen molar-refractivity contribution in [3.05, 3.63) is 59.2 Å². The molecule has 0 saturated carbocycles. The van der Waals surface area contributed by atoms with Crippen molar-refractivity contribution in [1.29, 1.82) is 0 Å². The number of nitrogen functional groups attached to an aromatic ring is 1. The lowest BCUT2D eigenvalue weighted by Crippen LogP contribution is -2.25. The van der Waals surface area contributed by atoms with Gasteiger partial charge in [-0.25, -0.2) is 0 Å². The topological polar surface area (TPSA) is 38.5 Å². The molecule has 0 aliphatic carbocycles. The van der Waals surface area contributed by atoms with Gasteiger partial charge in [-0.2, -0.15) is 0 Å². The van der Waals surface area contributed by atoms with Crippen molar-refractivity contribution >= 4 is 5.69 Å². The maximum Gasteiger partial charge on any atom is 0.123 e. The Hall–Kier alpha value is -2.00. The summed E-state index contributed by atoms with van der Waals surface area (Å²) in [6.07, 6.45) is 0. The fourth-order valence-electron chi connectivity index (χ4n) is 2.63. The van der Waals surface area contributed by atoms with Crippen molar-refractivity contribution in [1.82, 2.24) is 4.90 Å². The minimum Gasteiger partial charge on any atom is -0.492 e. The highest BCUT2D eigenvalue weighted by atomic mass is 16.5. The molecule has 3 nitrogen and oxygen atoms in total. The van der Waals surface area contributed by atoms with Crippen LogP contribution in [0.4, 0.5) is 5.69 Å². The van der Waals surface area contributed by atoms with Crippen molar-refractivity contribution in [3.63, 3.8) is 0 Å². The van der Waals surface area contributed by atoms with Gasteiger partial charge >= 0.3 is 0 Å². The average molecular weight is 268 g/mol. The molecule has 3 rings (SSSR count). The van der Waals surface area contributed by atoms with Crippen LogP contribution in [-0.4, -0.2) is 18.1 Å². The molecule has 20 heavy (non-hydrogen) atoms. The van der Waals surface area contributed by atoms with Crippen molar-refractivity contribution in [3.8, 4) is 5.75 Å². The van der Waals surface area contributed by atoms with Crippen LogP contribution < -0.4 is 10.5 Å².